The number of rotatable bonds is 3. The van der Waals surface area contributed by atoms with E-state index in [1.807, 2.05) is 27.7 Å². The molecular weight excluding hydrogens is 254 g/mol. The lowest BCUT2D eigenvalue weighted by Gasteiger charge is -2.28. The second kappa shape index (κ2) is 5.94. The zero-order chi connectivity index (χ0) is 14.9. The van der Waals surface area contributed by atoms with Gasteiger partial charge in [-0.1, -0.05) is 19.3 Å². The molecule has 20 heavy (non-hydrogen) atoms. The Morgan fingerprint density at radius 2 is 1.35 bits per heavy atom. The van der Waals surface area contributed by atoms with Crippen molar-refractivity contribution in [3.05, 3.63) is 0 Å². The van der Waals surface area contributed by atoms with Gasteiger partial charge in [-0.15, -0.1) is 0 Å². The van der Waals surface area contributed by atoms with Gasteiger partial charge in [-0.25, -0.2) is 4.99 Å². The molecule has 0 unspecified atom stereocenters. The highest BCUT2D eigenvalue weighted by Gasteiger charge is 2.45. The maximum atomic E-state index is 12.2. The van der Waals surface area contributed by atoms with Crippen LogP contribution in [0.15, 0.2) is 4.99 Å². The van der Waals surface area contributed by atoms with Crippen LogP contribution in [0.4, 0.5) is 0 Å². The van der Waals surface area contributed by atoms with Gasteiger partial charge < -0.3 is 0 Å². The molecule has 0 spiro atoms. The van der Waals surface area contributed by atoms with E-state index in [0.29, 0.717) is 5.96 Å². The standard InChI is InChI=1S/C15H25N3O2/c1-10(2)17-13(19)14(20)18(11(3)4)15(17)16-12-8-6-5-7-9-12/h10-12H,5-9H2,1-4H3. The third-order valence-electron chi connectivity index (χ3n) is 3.96. The third-order valence-corrected chi connectivity index (χ3v) is 3.96. The van der Waals surface area contributed by atoms with E-state index in [4.69, 9.17) is 4.99 Å². The van der Waals surface area contributed by atoms with Crippen molar-refractivity contribution in [2.24, 2.45) is 4.99 Å². The zero-order valence-corrected chi connectivity index (χ0v) is 12.9. The summed E-state index contributed by atoms with van der Waals surface area (Å²) in [5.74, 6) is -0.316. The van der Waals surface area contributed by atoms with E-state index in [-0.39, 0.29) is 18.1 Å². The SMILES string of the molecule is CC(C)N1C(=O)C(=O)N(C(C)C)C1=NC1CCCCC1. The van der Waals surface area contributed by atoms with Crippen LogP contribution in [0, 0.1) is 0 Å². The highest BCUT2D eigenvalue weighted by molar-refractivity contribution is 6.45. The summed E-state index contributed by atoms with van der Waals surface area (Å²) in [6, 6.07) is 0.162. The first-order chi connectivity index (χ1) is 9.43. The summed E-state index contributed by atoms with van der Waals surface area (Å²) in [5, 5.41) is 0. The fourth-order valence-electron chi connectivity index (χ4n) is 2.93. The predicted octanol–water partition coefficient (Wildman–Crippen LogP) is 2.16. The van der Waals surface area contributed by atoms with E-state index in [9.17, 15) is 9.59 Å². The Kier molecular flexibility index (Phi) is 4.45. The molecule has 2 rings (SSSR count). The Bertz CT molecular complexity index is 395. The normalized spacial score (nSPS) is 21.6. The van der Waals surface area contributed by atoms with E-state index in [2.05, 4.69) is 0 Å². The van der Waals surface area contributed by atoms with E-state index in [1.165, 1.54) is 19.3 Å². The molecular formula is C15H25N3O2. The lowest BCUT2D eigenvalue weighted by molar-refractivity contribution is -0.144. The molecule has 0 aromatic heterocycles. The fourth-order valence-corrected chi connectivity index (χ4v) is 2.93. The molecule has 2 amide bonds. The number of amides is 2. The number of hydrogen-bond donors (Lipinski definition) is 0. The molecule has 1 saturated carbocycles. The number of nitrogens with zero attached hydrogens (tertiary/aromatic N) is 3. The Balaban J connectivity index is 2.34. The lowest BCUT2D eigenvalue weighted by atomic mass is 9.96. The van der Waals surface area contributed by atoms with E-state index >= 15 is 0 Å². The average molecular weight is 279 g/mol. The molecule has 0 aromatic rings. The van der Waals surface area contributed by atoms with E-state index < -0.39 is 11.8 Å². The second-order valence-electron chi connectivity index (χ2n) is 6.26. The quantitative estimate of drug-likeness (QED) is 0.743. The zero-order valence-electron chi connectivity index (χ0n) is 12.9. The summed E-state index contributed by atoms with van der Waals surface area (Å²) in [5.41, 5.74) is 0. The van der Waals surface area contributed by atoms with Gasteiger partial charge in [0.25, 0.3) is 0 Å². The molecule has 0 radical (unpaired) electrons. The van der Waals surface area contributed by atoms with Crippen LogP contribution in [-0.2, 0) is 9.59 Å². The first kappa shape index (κ1) is 15.0. The summed E-state index contributed by atoms with van der Waals surface area (Å²) in [4.78, 5) is 32.2. The minimum atomic E-state index is -0.441. The summed E-state index contributed by atoms with van der Waals surface area (Å²) >= 11 is 0. The molecule has 112 valence electrons. The van der Waals surface area contributed by atoms with Crippen molar-refractivity contribution in [3.8, 4) is 0 Å². The molecule has 0 aromatic carbocycles. The molecule has 0 N–H and O–H groups in total. The maximum Gasteiger partial charge on any atom is 0.319 e. The van der Waals surface area contributed by atoms with Crippen LogP contribution in [0.2, 0.25) is 0 Å². The highest BCUT2D eigenvalue weighted by atomic mass is 16.2. The van der Waals surface area contributed by atoms with Crippen molar-refractivity contribution in [1.82, 2.24) is 9.80 Å². The molecule has 5 heteroatoms. The smallest absolute Gasteiger partial charge is 0.271 e. The first-order valence-electron chi connectivity index (χ1n) is 7.68. The molecule has 2 fully saturated rings. The molecule has 0 atom stereocenters. The topological polar surface area (TPSA) is 53.0 Å². The van der Waals surface area contributed by atoms with Gasteiger partial charge in [0.05, 0.1) is 6.04 Å². The third kappa shape index (κ3) is 2.72. The molecule has 1 saturated heterocycles. The molecule has 1 aliphatic heterocycles. The van der Waals surface area contributed by atoms with Gasteiger partial charge in [-0.2, -0.15) is 0 Å². The molecule has 1 heterocycles. The van der Waals surface area contributed by atoms with Crippen LogP contribution in [-0.4, -0.2) is 45.7 Å². The number of carbonyl (C=O) groups is 2. The monoisotopic (exact) mass is 279 g/mol. The number of hydrogen-bond acceptors (Lipinski definition) is 3. The van der Waals surface area contributed by atoms with Gasteiger partial charge in [-0.3, -0.25) is 19.4 Å². The van der Waals surface area contributed by atoms with Crippen LogP contribution < -0.4 is 0 Å². The van der Waals surface area contributed by atoms with Crippen molar-refractivity contribution in [2.75, 3.05) is 0 Å². The minimum Gasteiger partial charge on any atom is -0.271 e. The average Bonchev–Trinajstić information content (AvgIpc) is 2.62. The van der Waals surface area contributed by atoms with Gasteiger partial charge >= 0.3 is 11.8 Å². The summed E-state index contributed by atoms with van der Waals surface area (Å²) in [6.07, 6.45) is 5.76. The number of guanidine groups is 1. The van der Waals surface area contributed by atoms with Crippen molar-refractivity contribution < 1.29 is 9.59 Å². The fraction of sp³-hybridized carbons (Fsp3) is 0.800. The maximum absolute atomic E-state index is 12.2. The second-order valence-corrected chi connectivity index (χ2v) is 6.26. The molecule has 2 aliphatic rings. The molecule has 0 bridgehead atoms. The van der Waals surface area contributed by atoms with Crippen LogP contribution in [0.3, 0.4) is 0 Å². The highest BCUT2D eigenvalue weighted by Crippen LogP contribution is 2.24. The van der Waals surface area contributed by atoms with Crippen molar-refractivity contribution >= 4 is 17.8 Å². The summed E-state index contributed by atoms with van der Waals surface area (Å²) in [7, 11) is 0. The van der Waals surface area contributed by atoms with Crippen molar-refractivity contribution in [1.29, 1.82) is 0 Å². The van der Waals surface area contributed by atoms with E-state index in [0.717, 1.165) is 12.8 Å². The lowest BCUT2D eigenvalue weighted by Crippen LogP contribution is -2.42. The summed E-state index contributed by atoms with van der Waals surface area (Å²) in [6.45, 7) is 7.69. The summed E-state index contributed by atoms with van der Waals surface area (Å²) < 4.78 is 0. The van der Waals surface area contributed by atoms with E-state index in [1.54, 1.807) is 9.80 Å². The van der Waals surface area contributed by atoms with Crippen LogP contribution in [0.25, 0.3) is 0 Å². The minimum absolute atomic E-state index is 0.0439. The Hall–Kier alpha value is -1.39. The van der Waals surface area contributed by atoms with Crippen LogP contribution in [0.5, 0.6) is 0 Å². The molecule has 1 aliphatic carbocycles. The largest absolute Gasteiger partial charge is 0.319 e. The molecule has 5 nitrogen and oxygen atoms in total. The number of aliphatic imine (C=N–C) groups is 1. The Labute approximate surface area is 121 Å². The first-order valence-corrected chi connectivity index (χ1v) is 7.68. The van der Waals surface area contributed by atoms with Crippen molar-refractivity contribution in [2.45, 2.75) is 77.9 Å². The Morgan fingerprint density at radius 1 is 0.900 bits per heavy atom. The Morgan fingerprint density at radius 3 is 1.75 bits per heavy atom. The van der Waals surface area contributed by atoms with Gasteiger partial charge in [0.15, 0.2) is 0 Å². The number of carbonyl (C=O) groups excluding carboxylic acids is 2. The van der Waals surface area contributed by atoms with Gasteiger partial charge in [0, 0.05) is 12.1 Å². The van der Waals surface area contributed by atoms with Gasteiger partial charge in [0.2, 0.25) is 5.96 Å². The van der Waals surface area contributed by atoms with Gasteiger partial charge in [0.1, 0.15) is 0 Å². The van der Waals surface area contributed by atoms with Crippen molar-refractivity contribution in [3.63, 3.8) is 0 Å². The predicted molar refractivity (Wildman–Crippen MR) is 78.3 cm³/mol. The van der Waals surface area contributed by atoms with Crippen LogP contribution in [0.1, 0.15) is 59.8 Å². The van der Waals surface area contributed by atoms with Gasteiger partial charge in [-0.05, 0) is 40.5 Å². The van der Waals surface area contributed by atoms with Crippen LogP contribution >= 0.6 is 0 Å².